The predicted molar refractivity (Wildman–Crippen MR) is 95.3 cm³/mol. The van der Waals surface area contributed by atoms with E-state index in [2.05, 4.69) is 15.3 Å². The van der Waals surface area contributed by atoms with Crippen LogP contribution in [0.4, 0.5) is 8.78 Å². The number of benzene rings is 1. The van der Waals surface area contributed by atoms with Gasteiger partial charge in [-0.2, -0.15) is 0 Å². The molecule has 3 heterocycles. The highest BCUT2D eigenvalue weighted by Gasteiger charge is 2.19. The van der Waals surface area contributed by atoms with Gasteiger partial charge >= 0.3 is 0 Å². The Morgan fingerprint density at radius 3 is 2.73 bits per heavy atom. The van der Waals surface area contributed by atoms with Gasteiger partial charge in [-0.05, 0) is 42.0 Å². The summed E-state index contributed by atoms with van der Waals surface area (Å²) in [6.45, 7) is 0.629. The molecule has 1 aromatic carbocycles. The molecule has 0 atom stereocenters. The van der Waals surface area contributed by atoms with Crippen LogP contribution in [0.15, 0.2) is 42.6 Å². The van der Waals surface area contributed by atoms with Gasteiger partial charge in [0.05, 0.1) is 11.3 Å². The molecular weight excluding hydrogens is 336 g/mol. The van der Waals surface area contributed by atoms with Gasteiger partial charge in [-0.25, -0.2) is 8.78 Å². The Labute approximate surface area is 148 Å². The molecule has 0 saturated heterocycles. The van der Waals surface area contributed by atoms with Gasteiger partial charge < -0.3 is 10.3 Å². The van der Waals surface area contributed by atoms with Gasteiger partial charge in [-0.3, -0.25) is 9.78 Å². The second-order valence-electron chi connectivity index (χ2n) is 6.06. The molecule has 26 heavy (non-hydrogen) atoms. The molecule has 1 aliphatic heterocycles. The number of carbonyl (C=O) groups is 1. The van der Waals surface area contributed by atoms with Crippen molar-refractivity contribution in [2.75, 3.05) is 6.54 Å². The molecule has 130 valence electrons. The minimum atomic E-state index is -0.885. The van der Waals surface area contributed by atoms with Crippen LogP contribution in [-0.4, -0.2) is 22.4 Å². The van der Waals surface area contributed by atoms with Crippen LogP contribution in [-0.2, 0) is 6.42 Å². The first-order valence-electron chi connectivity index (χ1n) is 8.20. The molecule has 3 aromatic rings. The minimum Gasteiger partial charge on any atom is -0.358 e. The summed E-state index contributed by atoms with van der Waals surface area (Å²) >= 11 is 0. The number of aromatic nitrogens is 2. The molecule has 0 bridgehead atoms. The lowest BCUT2D eigenvalue weighted by Crippen LogP contribution is -2.31. The molecule has 1 amide bonds. The molecule has 6 heteroatoms. The summed E-state index contributed by atoms with van der Waals surface area (Å²) in [7, 11) is 0. The second kappa shape index (κ2) is 6.55. The number of hydrogen-bond acceptors (Lipinski definition) is 2. The topological polar surface area (TPSA) is 57.8 Å². The Balaban J connectivity index is 1.62. The average molecular weight is 351 g/mol. The molecule has 0 radical (unpaired) electrons. The van der Waals surface area contributed by atoms with Crippen molar-refractivity contribution in [3.05, 3.63) is 76.7 Å². The number of fused-ring (bicyclic) bond motifs is 1. The van der Waals surface area contributed by atoms with Crippen molar-refractivity contribution >= 4 is 18.1 Å². The van der Waals surface area contributed by atoms with Gasteiger partial charge in [0.2, 0.25) is 0 Å². The molecule has 0 fully saturated rings. The van der Waals surface area contributed by atoms with Crippen LogP contribution in [0.2, 0.25) is 0 Å². The van der Waals surface area contributed by atoms with E-state index in [0.29, 0.717) is 23.4 Å². The number of H-pyrrole nitrogens is 1. The lowest BCUT2D eigenvalue weighted by atomic mass is 10.1. The van der Waals surface area contributed by atoms with Crippen LogP contribution < -0.4 is 5.32 Å². The number of amides is 1. The molecule has 2 aromatic heterocycles. The summed E-state index contributed by atoms with van der Waals surface area (Å²) in [6.07, 6.45) is 5.84. The first-order chi connectivity index (χ1) is 12.6. The van der Waals surface area contributed by atoms with Gasteiger partial charge in [0.1, 0.15) is 0 Å². The van der Waals surface area contributed by atoms with Gasteiger partial charge in [-0.15, -0.1) is 0 Å². The summed E-state index contributed by atoms with van der Waals surface area (Å²) in [4.78, 5) is 19.5. The number of nitrogens with one attached hydrogen (secondary N) is 2. The molecule has 0 spiro atoms. The van der Waals surface area contributed by atoms with E-state index < -0.39 is 11.6 Å². The third-order valence-corrected chi connectivity index (χ3v) is 4.29. The van der Waals surface area contributed by atoms with E-state index in [1.807, 2.05) is 18.2 Å². The lowest BCUT2D eigenvalue weighted by molar-refractivity contribution is 0.0946. The summed E-state index contributed by atoms with van der Waals surface area (Å²) < 4.78 is 26.3. The standard InChI is InChI=1S/C20H15F2N3O/c21-16-4-2-12(9-17(16)22)1-3-14-10-13(5-7-23-14)19-11-15-18(25-19)6-8-24-20(15)26/h1-5,7,9-11,25H,6,8H2,(H,24,26)/b3-1+. The van der Waals surface area contributed by atoms with Crippen molar-refractivity contribution in [1.29, 1.82) is 0 Å². The van der Waals surface area contributed by atoms with Gasteiger partial charge in [0.25, 0.3) is 5.91 Å². The Bertz CT molecular complexity index is 1020. The van der Waals surface area contributed by atoms with E-state index in [0.717, 1.165) is 35.5 Å². The normalized spacial score (nSPS) is 13.7. The largest absolute Gasteiger partial charge is 0.358 e. The summed E-state index contributed by atoms with van der Waals surface area (Å²) in [5.74, 6) is -1.83. The number of hydrogen-bond donors (Lipinski definition) is 2. The fraction of sp³-hybridized carbons (Fsp3) is 0.100. The number of carbonyl (C=O) groups excluding carboxylic acids is 1. The number of rotatable bonds is 3. The zero-order valence-electron chi connectivity index (χ0n) is 13.7. The van der Waals surface area contributed by atoms with Crippen molar-refractivity contribution in [2.24, 2.45) is 0 Å². The highest BCUT2D eigenvalue weighted by atomic mass is 19.2. The first kappa shape index (κ1) is 16.2. The van der Waals surface area contributed by atoms with E-state index in [4.69, 9.17) is 0 Å². The van der Waals surface area contributed by atoms with Crippen LogP contribution in [0.3, 0.4) is 0 Å². The number of halogens is 2. The zero-order chi connectivity index (χ0) is 18.1. The molecule has 2 N–H and O–H groups in total. The van der Waals surface area contributed by atoms with Crippen molar-refractivity contribution in [1.82, 2.24) is 15.3 Å². The van der Waals surface area contributed by atoms with Gasteiger partial charge in [0, 0.05) is 36.1 Å². The average Bonchev–Trinajstić information content (AvgIpc) is 3.09. The maximum Gasteiger partial charge on any atom is 0.253 e. The number of nitrogens with zero attached hydrogens (tertiary/aromatic N) is 1. The van der Waals surface area contributed by atoms with Gasteiger partial charge in [-0.1, -0.05) is 12.1 Å². The third kappa shape index (κ3) is 3.13. The Kier molecular flexibility index (Phi) is 4.08. The van der Waals surface area contributed by atoms with E-state index in [-0.39, 0.29) is 5.91 Å². The van der Waals surface area contributed by atoms with Crippen LogP contribution in [0.25, 0.3) is 23.4 Å². The van der Waals surface area contributed by atoms with Gasteiger partial charge in [0.15, 0.2) is 11.6 Å². The van der Waals surface area contributed by atoms with Crippen LogP contribution >= 0.6 is 0 Å². The SMILES string of the molecule is O=C1NCCc2[nH]c(-c3ccnc(/C=C/c4ccc(F)c(F)c4)c3)cc21. The molecule has 1 aliphatic rings. The second-order valence-corrected chi connectivity index (χ2v) is 6.06. The maximum atomic E-state index is 13.3. The van der Waals surface area contributed by atoms with E-state index in [1.165, 1.54) is 6.07 Å². The van der Waals surface area contributed by atoms with Crippen LogP contribution in [0.1, 0.15) is 27.3 Å². The van der Waals surface area contributed by atoms with Crippen LogP contribution in [0, 0.1) is 11.6 Å². The maximum absolute atomic E-state index is 13.3. The van der Waals surface area contributed by atoms with E-state index >= 15 is 0 Å². The molecule has 0 aliphatic carbocycles. The molecule has 4 nitrogen and oxygen atoms in total. The highest BCUT2D eigenvalue weighted by molar-refractivity contribution is 5.97. The molecule has 0 saturated carbocycles. The fourth-order valence-electron chi connectivity index (χ4n) is 2.95. The van der Waals surface area contributed by atoms with Crippen molar-refractivity contribution < 1.29 is 13.6 Å². The fourth-order valence-corrected chi connectivity index (χ4v) is 2.95. The van der Waals surface area contributed by atoms with Crippen LogP contribution in [0.5, 0.6) is 0 Å². The molecule has 0 unspecified atom stereocenters. The Hall–Kier alpha value is -3.28. The summed E-state index contributed by atoms with van der Waals surface area (Å²) in [5.41, 5.74) is 4.55. The van der Waals surface area contributed by atoms with Crippen molar-refractivity contribution in [3.8, 4) is 11.3 Å². The Morgan fingerprint density at radius 1 is 1.04 bits per heavy atom. The monoisotopic (exact) mass is 351 g/mol. The summed E-state index contributed by atoms with van der Waals surface area (Å²) in [5, 5.41) is 2.82. The third-order valence-electron chi connectivity index (χ3n) is 4.29. The smallest absolute Gasteiger partial charge is 0.253 e. The van der Waals surface area contributed by atoms with E-state index in [9.17, 15) is 13.6 Å². The van der Waals surface area contributed by atoms with Crippen molar-refractivity contribution in [2.45, 2.75) is 6.42 Å². The van der Waals surface area contributed by atoms with Crippen molar-refractivity contribution in [3.63, 3.8) is 0 Å². The highest BCUT2D eigenvalue weighted by Crippen LogP contribution is 2.24. The minimum absolute atomic E-state index is 0.0683. The molecular formula is C20H15F2N3O. The first-order valence-corrected chi connectivity index (χ1v) is 8.20. The zero-order valence-corrected chi connectivity index (χ0v) is 13.7. The van der Waals surface area contributed by atoms with E-state index in [1.54, 1.807) is 18.3 Å². The Morgan fingerprint density at radius 2 is 1.92 bits per heavy atom. The summed E-state index contributed by atoms with van der Waals surface area (Å²) in [6, 6.07) is 9.27. The predicted octanol–water partition coefficient (Wildman–Crippen LogP) is 3.81. The molecule has 4 rings (SSSR count). The number of aromatic amines is 1. The lowest BCUT2D eigenvalue weighted by Gasteiger charge is -2.10. The quantitative estimate of drug-likeness (QED) is 0.754. The number of pyridine rings is 1.